The summed E-state index contributed by atoms with van der Waals surface area (Å²) in [6.45, 7) is 2.21. The van der Waals surface area contributed by atoms with E-state index in [1.54, 1.807) is 24.3 Å². The standard InChI is InChI=1S/C23H24BrN3O3/c1-27(16-18-5-3-2-4-6-18)14-13-25-22(28)15-17-7-9-19(10-8-17)26-23(29)20-11-12-21(24)30-20/h2-12H,13-16H2,1H3,(H,25,28)(H,26,29). The minimum Gasteiger partial charge on any atom is -0.444 e. The minimum absolute atomic E-state index is 0.0275. The predicted octanol–water partition coefficient (Wildman–Crippen LogP) is 4.09. The molecule has 3 rings (SSSR count). The predicted molar refractivity (Wildman–Crippen MR) is 120 cm³/mol. The van der Waals surface area contributed by atoms with Gasteiger partial charge < -0.3 is 20.0 Å². The average Bonchev–Trinajstić information content (AvgIpc) is 3.17. The number of anilines is 1. The summed E-state index contributed by atoms with van der Waals surface area (Å²) >= 11 is 3.17. The molecule has 0 aliphatic rings. The molecule has 7 heteroatoms. The topological polar surface area (TPSA) is 74.6 Å². The van der Waals surface area contributed by atoms with Crippen LogP contribution in [0, 0.1) is 0 Å². The number of benzene rings is 2. The molecule has 2 amide bonds. The number of halogens is 1. The van der Waals surface area contributed by atoms with E-state index in [9.17, 15) is 9.59 Å². The summed E-state index contributed by atoms with van der Waals surface area (Å²) in [4.78, 5) is 26.4. The van der Waals surface area contributed by atoms with Gasteiger partial charge in [-0.1, -0.05) is 42.5 Å². The fraction of sp³-hybridized carbons (Fsp3) is 0.217. The summed E-state index contributed by atoms with van der Waals surface area (Å²) in [5.41, 5.74) is 2.77. The molecule has 0 unspecified atom stereocenters. The fourth-order valence-corrected chi connectivity index (χ4v) is 3.25. The van der Waals surface area contributed by atoms with E-state index >= 15 is 0 Å². The number of likely N-dealkylation sites (N-methyl/N-ethyl adjacent to an activating group) is 1. The van der Waals surface area contributed by atoms with Crippen LogP contribution >= 0.6 is 15.9 Å². The van der Waals surface area contributed by atoms with Gasteiger partial charge in [0, 0.05) is 25.3 Å². The van der Waals surface area contributed by atoms with E-state index in [-0.39, 0.29) is 17.6 Å². The number of nitrogens with zero attached hydrogens (tertiary/aromatic N) is 1. The molecule has 0 bridgehead atoms. The van der Waals surface area contributed by atoms with Gasteiger partial charge in [0.2, 0.25) is 5.91 Å². The molecule has 2 aromatic carbocycles. The normalized spacial score (nSPS) is 10.8. The molecule has 1 heterocycles. The lowest BCUT2D eigenvalue weighted by Crippen LogP contribution is -2.33. The van der Waals surface area contributed by atoms with Crippen molar-refractivity contribution in [3.8, 4) is 0 Å². The maximum absolute atomic E-state index is 12.2. The molecule has 30 heavy (non-hydrogen) atoms. The highest BCUT2D eigenvalue weighted by Gasteiger charge is 2.11. The molecule has 2 N–H and O–H groups in total. The summed E-state index contributed by atoms with van der Waals surface area (Å²) in [5, 5.41) is 5.71. The maximum atomic E-state index is 12.2. The van der Waals surface area contributed by atoms with Crippen molar-refractivity contribution < 1.29 is 14.0 Å². The third-order valence-electron chi connectivity index (χ3n) is 4.48. The van der Waals surface area contributed by atoms with Crippen molar-refractivity contribution >= 4 is 33.4 Å². The van der Waals surface area contributed by atoms with E-state index in [2.05, 4.69) is 43.6 Å². The molecule has 3 aromatic rings. The Balaban J connectivity index is 1.39. The van der Waals surface area contributed by atoms with Gasteiger partial charge in [-0.15, -0.1) is 0 Å². The molecule has 0 spiro atoms. The second kappa shape index (κ2) is 10.8. The zero-order valence-electron chi connectivity index (χ0n) is 16.7. The van der Waals surface area contributed by atoms with E-state index in [0.29, 0.717) is 23.3 Å². The van der Waals surface area contributed by atoms with Gasteiger partial charge in [-0.2, -0.15) is 0 Å². The van der Waals surface area contributed by atoms with Gasteiger partial charge in [0.05, 0.1) is 6.42 Å². The summed E-state index contributed by atoms with van der Waals surface area (Å²) in [6, 6.07) is 20.7. The summed E-state index contributed by atoms with van der Waals surface area (Å²) in [7, 11) is 2.04. The van der Waals surface area contributed by atoms with Gasteiger partial charge in [-0.05, 0) is 58.4 Å². The van der Waals surface area contributed by atoms with Crippen LogP contribution in [0.25, 0.3) is 0 Å². The third kappa shape index (κ3) is 6.86. The van der Waals surface area contributed by atoms with Crippen molar-refractivity contribution in [2.75, 3.05) is 25.5 Å². The zero-order valence-corrected chi connectivity index (χ0v) is 18.3. The molecule has 0 radical (unpaired) electrons. The van der Waals surface area contributed by atoms with Gasteiger partial charge >= 0.3 is 0 Å². The van der Waals surface area contributed by atoms with Crippen molar-refractivity contribution in [2.24, 2.45) is 0 Å². The third-order valence-corrected chi connectivity index (χ3v) is 4.91. The Morgan fingerprint density at radius 3 is 2.37 bits per heavy atom. The Labute approximate surface area is 184 Å². The lowest BCUT2D eigenvalue weighted by atomic mass is 10.1. The SMILES string of the molecule is CN(CCNC(=O)Cc1ccc(NC(=O)c2ccc(Br)o2)cc1)Cc1ccccc1. The highest BCUT2D eigenvalue weighted by Crippen LogP contribution is 2.16. The largest absolute Gasteiger partial charge is 0.444 e. The first-order valence-corrected chi connectivity index (χ1v) is 10.4. The molecule has 0 saturated heterocycles. The molecule has 0 atom stereocenters. The lowest BCUT2D eigenvalue weighted by Gasteiger charge is -2.17. The van der Waals surface area contributed by atoms with Crippen molar-refractivity contribution in [3.63, 3.8) is 0 Å². The highest BCUT2D eigenvalue weighted by molar-refractivity contribution is 9.10. The molecule has 0 fully saturated rings. The van der Waals surface area contributed by atoms with Crippen LogP contribution in [-0.2, 0) is 17.8 Å². The van der Waals surface area contributed by atoms with Gasteiger partial charge in [0.25, 0.3) is 5.91 Å². The molecule has 0 saturated carbocycles. The van der Waals surface area contributed by atoms with Crippen LogP contribution in [0.15, 0.2) is 75.8 Å². The number of carbonyl (C=O) groups is 2. The number of nitrogens with one attached hydrogen (secondary N) is 2. The highest BCUT2D eigenvalue weighted by atomic mass is 79.9. The number of furan rings is 1. The number of rotatable bonds is 9. The molecule has 1 aromatic heterocycles. The van der Waals surface area contributed by atoms with Crippen LogP contribution in [0.4, 0.5) is 5.69 Å². The number of hydrogen-bond donors (Lipinski definition) is 2. The van der Waals surface area contributed by atoms with Crippen LogP contribution in [0.3, 0.4) is 0 Å². The maximum Gasteiger partial charge on any atom is 0.291 e. The molecule has 0 aliphatic carbocycles. The van der Waals surface area contributed by atoms with Gasteiger partial charge in [0.1, 0.15) is 0 Å². The summed E-state index contributed by atoms with van der Waals surface area (Å²) < 4.78 is 5.73. The van der Waals surface area contributed by atoms with Crippen molar-refractivity contribution in [1.82, 2.24) is 10.2 Å². The second-order valence-electron chi connectivity index (χ2n) is 7.00. The van der Waals surface area contributed by atoms with Crippen LogP contribution in [0.2, 0.25) is 0 Å². The minimum atomic E-state index is -0.328. The van der Waals surface area contributed by atoms with Crippen molar-refractivity contribution in [2.45, 2.75) is 13.0 Å². The molecule has 156 valence electrons. The summed E-state index contributed by atoms with van der Waals surface area (Å²) in [5.74, 6) is -0.131. The van der Waals surface area contributed by atoms with Gasteiger partial charge in [-0.3, -0.25) is 9.59 Å². The first-order chi connectivity index (χ1) is 14.5. The van der Waals surface area contributed by atoms with Gasteiger partial charge in [0.15, 0.2) is 10.4 Å². The quantitative estimate of drug-likeness (QED) is 0.494. The monoisotopic (exact) mass is 469 g/mol. The van der Waals surface area contributed by atoms with Crippen LogP contribution in [0.5, 0.6) is 0 Å². The van der Waals surface area contributed by atoms with Crippen molar-refractivity contribution in [1.29, 1.82) is 0 Å². The van der Waals surface area contributed by atoms with Crippen molar-refractivity contribution in [3.05, 3.63) is 88.3 Å². The number of hydrogen-bond acceptors (Lipinski definition) is 4. The number of carbonyl (C=O) groups excluding carboxylic acids is 2. The Morgan fingerprint density at radius 1 is 0.967 bits per heavy atom. The molecular formula is C23H24BrN3O3. The Kier molecular flexibility index (Phi) is 7.82. The fourth-order valence-electron chi connectivity index (χ4n) is 2.94. The van der Waals surface area contributed by atoms with Crippen LogP contribution < -0.4 is 10.6 Å². The van der Waals surface area contributed by atoms with E-state index in [1.165, 1.54) is 5.56 Å². The van der Waals surface area contributed by atoms with E-state index < -0.39 is 0 Å². The van der Waals surface area contributed by atoms with E-state index in [0.717, 1.165) is 18.7 Å². The molecular weight excluding hydrogens is 446 g/mol. The first-order valence-electron chi connectivity index (χ1n) is 9.64. The Morgan fingerprint density at radius 2 is 1.70 bits per heavy atom. The molecule has 6 nitrogen and oxygen atoms in total. The second-order valence-corrected chi connectivity index (χ2v) is 7.79. The lowest BCUT2D eigenvalue weighted by molar-refractivity contribution is -0.120. The van der Waals surface area contributed by atoms with Crippen LogP contribution in [0.1, 0.15) is 21.7 Å². The Hall–Kier alpha value is -2.90. The van der Waals surface area contributed by atoms with Crippen LogP contribution in [-0.4, -0.2) is 36.9 Å². The summed E-state index contributed by atoms with van der Waals surface area (Å²) in [6.07, 6.45) is 0.293. The number of amides is 2. The first kappa shape index (κ1) is 21.8. The molecule has 0 aliphatic heterocycles. The van der Waals surface area contributed by atoms with Gasteiger partial charge in [-0.25, -0.2) is 0 Å². The van der Waals surface area contributed by atoms with E-state index in [1.807, 2.05) is 37.4 Å². The van der Waals surface area contributed by atoms with E-state index in [4.69, 9.17) is 4.42 Å². The smallest absolute Gasteiger partial charge is 0.291 e. The zero-order chi connectivity index (χ0) is 21.3. The average molecular weight is 470 g/mol. The Bertz CT molecular complexity index is 971.